The van der Waals surface area contributed by atoms with Gasteiger partial charge in [0.1, 0.15) is 0 Å². The molecule has 0 aliphatic carbocycles. The van der Waals surface area contributed by atoms with Crippen LogP contribution in [0.4, 0.5) is 5.13 Å². The minimum Gasteiger partial charge on any atom is -0.370 e. The molecule has 0 fully saturated rings. The Morgan fingerprint density at radius 1 is 1.53 bits per heavy atom. The summed E-state index contributed by atoms with van der Waals surface area (Å²) in [7, 11) is 0. The van der Waals surface area contributed by atoms with Gasteiger partial charge in [-0.15, -0.1) is 0 Å². The summed E-state index contributed by atoms with van der Waals surface area (Å²) in [5.41, 5.74) is 7.30. The van der Waals surface area contributed by atoms with Gasteiger partial charge in [0, 0.05) is 13.0 Å². The Hall–Kier alpha value is -1.62. The molecule has 0 aliphatic heterocycles. The SMILES string of the molecule is Cc1ccc2sc(NCCCC(N)=O)nc2c1. The summed E-state index contributed by atoms with van der Waals surface area (Å²) < 4.78 is 1.17. The predicted molar refractivity (Wildman–Crippen MR) is 71.3 cm³/mol. The van der Waals surface area contributed by atoms with E-state index in [1.54, 1.807) is 11.3 Å². The average Bonchev–Trinajstić information content (AvgIpc) is 2.66. The van der Waals surface area contributed by atoms with Gasteiger partial charge in [-0.2, -0.15) is 0 Å². The van der Waals surface area contributed by atoms with E-state index in [-0.39, 0.29) is 5.91 Å². The van der Waals surface area contributed by atoms with Gasteiger partial charge in [0.25, 0.3) is 0 Å². The number of aromatic nitrogens is 1. The average molecular weight is 249 g/mol. The van der Waals surface area contributed by atoms with Crippen LogP contribution in [0.1, 0.15) is 18.4 Å². The van der Waals surface area contributed by atoms with Crippen molar-refractivity contribution in [1.82, 2.24) is 4.98 Å². The van der Waals surface area contributed by atoms with Crippen molar-refractivity contribution in [1.29, 1.82) is 0 Å². The fourth-order valence-corrected chi connectivity index (χ4v) is 2.44. The second-order valence-corrected chi connectivity index (χ2v) is 5.02. The van der Waals surface area contributed by atoms with Crippen LogP contribution < -0.4 is 11.1 Å². The zero-order chi connectivity index (χ0) is 12.3. The van der Waals surface area contributed by atoms with Gasteiger partial charge in [0.05, 0.1) is 10.2 Å². The fourth-order valence-electron chi connectivity index (χ4n) is 1.57. The Labute approximate surface area is 104 Å². The molecule has 2 rings (SSSR count). The van der Waals surface area contributed by atoms with Crippen LogP contribution in [-0.2, 0) is 4.79 Å². The van der Waals surface area contributed by atoms with E-state index in [0.29, 0.717) is 6.42 Å². The number of thiazole rings is 1. The molecule has 2 aromatic rings. The molecule has 5 heteroatoms. The Morgan fingerprint density at radius 2 is 2.35 bits per heavy atom. The summed E-state index contributed by atoms with van der Waals surface area (Å²) in [4.78, 5) is 15.1. The molecule has 1 heterocycles. The molecule has 4 nitrogen and oxygen atoms in total. The van der Waals surface area contributed by atoms with Gasteiger partial charge < -0.3 is 11.1 Å². The first-order valence-corrected chi connectivity index (χ1v) is 6.36. The lowest BCUT2D eigenvalue weighted by molar-refractivity contribution is -0.118. The highest BCUT2D eigenvalue weighted by molar-refractivity contribution is 7.22. The van der Waals surface area contributed by atoms with Crippen LogP contribution in [0.15, 0.2) is 18.2 Å². The summed E-state index contributed by atoms with van der Waals surface area (Å²) >= 11 is 1.63. The zero-order valence-corrected chi connectivity index (χ0v) is 10.5. The van der Waals surface area contributed by atoms with Gasteiger partial charge in [0.2, 0.25) is 5.91 Å². The van der Waals surface area contributed by atoms with E-state index in [0.717, 1.165) is 23.6 Å². The van der Waals surface area contributed by atoms with E-state index in [4.69, 9.17) is 5.73 Å². The number of rotatable bonds is 5. The van der Waals surface area contributed by atoms with E-state index < -0.39 is 0 Å². The number of carbonyl (C=O) groups is 1. The standard InChI is InChI=1S/C12H15N3OS/c1-8-4-5-10-9(7-8)15-12(17-10)14-6-2-3-11(13)16/h4-5,7H,2-3,6H2,1H3,(H2,13,16)(H,14,15). The number of hydrogen-bond donors (Lipinski definition) is 2. The molecule has 1 amide bonds. The lowest BCUT2D eigenvalue weighted by Gasteiger charge is -1.99. The van der Waals surface area contributed by atoms with Crippen LogP contribution in [0.3, 0.4) is 0 Å². The van der Waals surface area contributed by atoms with Crippen LogP contribution in [0, 0.1) is 6.92 Å². The maximum Gasteiger partial charge on any atom is 0.217 e. The molecular formula is C12H15N3OS. The molecule has 0 bridgehead atoms. The van der Waals surface area contributed by atoms with Crippen molar-refractivity contribution in [3.63, 3.8) is 0 Å². The first-order valence-electron chi connectivity index (χ1n) is 5.54. The number of nitrogens with two attached hydrogens (primary N) is 1. The third kappa shape index (κ3) is 3.17. The molecule has 0 aliphatic rings. The smallest absolute Gasteiger partial charge is 0.217 e. The van der Waals surface area contributed by atoms with Crippen molar-refractivity contribution in [3.8, 4) is 0 Å². The predicted octanol–water partition coefficient (Wildman–Crippen LogP) is 2.28. The molecule has 90 valence electrons. The lowest BCUT2D eigenvalue weighted by Crippen LogP contribution is -2.12. The first kappa shape index (κ1) is 11.9. The third-order valence-electron chi connectivity index (χ3n) is 2.42. The molecule has 0 unspecified atom stereocenters. The monoisotopic (exact) mass is 249 g/mol. The van der Waals surface area contributed by atoms with Crippen molar-refractivity contribution in [3.05, 3.63) is 23.8 Å². The number of anilines is 1. The quantitative estimate of drug-likeness (QED) is 0.799. The minimum atomic E-state index is -0.258. The molecule has 1 aromatic carbocycles. The summed E-state index contributed by atoms with van der Waals surface area (Å²) in [6.45, 7) is 2.78. The zero-order valence-electron chi connectivity index (χ0n) is 9.69. The Bertz CT molecular complexity index is 536. The molecule has 0 spiro atoms. The summed E-state index contributed by atoms with van der Waals surface area (Å²) in [5, 5.41) is 4.11. The highest BCUT2D eigenvalue weighted by atomic mass is 32.1. The van der Waals surface area contributed by atoms with Gasteiger partial charge >= 0.3 is 0 Å². The van der Waals surface area contributed by atoms with Crippen LogP contribution in [0.2, 0.25) is 0 Å². The number of hydrogen-bond acceptors (Lipinski definition) is 4. The molecule has 0 saturated heterocycles. The lowest BCUT2D eigenvalue weighted by atomic mass is 10.2. The van der Waals surface area contributed by atoms with Gasteiger partial charge in [0.15, 0.2) is 5.13 Å². The van der Waals surface area contributed by atoms with Crippen LogP contribution in [-0.4, -0.2) is 17.4 Å². The molecule has 1 aromatic heterocycles. The number of benzene rings is 1. The molecule has 0 saturated carbocycles. The van der Waals surface area contributed by atoms with E-state index in [1.165, 1.54) is 10.3 Å². The molecule has 3 N–H and O–H groups in total. The topological polar surface area (TPSA) is 68.0 Å². The maximum atomic E-state index is 10.6. The Kier molecular flexibility index (Phi) is 3.58. The highest BCUT2D eigenvalue weighted by Gasteiger charge is 2.03. The summed E-state index contributed by atoms with van der Waals surface area (Å²) in [5.74, 6) is -0.258. The van der Waals surface area contributed by atoms with Crippen LogP contribution >= 0.6 is 11.3 Å². The van der Waals surface area contributed by atoms with E-state index in [2.05, 4.69) is 35.4 Å². The largest absolute Gasteiger partial charge is 0.370 e. The van der Waals surface area contributed by atoms with Gasteiger partial charge in [-0.1, -0.05) is 17.4 Å². The summed E-state index contributed by atoms with van der Waals surface area (Å²) in [6.07, 6.45) is 1.15. The fraction of sp³-hybridized carbons (Fsp3) is 0.333. The highest BCUT2D eigenvalue weighted by Crippen LogP contribution is 2.26. The number of amides is 1. The molecule has 0 radical (unpaired) electrons. The van der Waals surface area contributed by atoms with Crippen molar-refractivity contribution < 1.29 is 4.79 Å². The minimum absolute atomic E-state index is 0.258. The number of aryl methyl sites for hydroxylation is 1. The van der Waals surface area contributed by atoms with Crippen molar-refractivity contribution in [2.45, 2.75) is 19.8 Å². The summed E-state index contributed by atoms with van der Waals surface area (Å²) in [6, 6.07) is 6.23. The second-order valence-electron chi connectivity index (χ2n) is 3.99. The van der Waals surface area contributed by atoms with E-state index >= 15 is 0 Å². The number of carbonyl (C=O) groups excluding carboxylic acids is 1. The van der Waals surface area contributed by atoms with Gasteiger partial charge in [-0.25, -0.2) is 4.98 Å². The van der Waals surface area contributed by atoms with Gasteiger partial charge in [-0.3, -0.25) is 4.79 Å². The third-order valence-corrected chi connectivity index (χ3v) is 3.41. The molecule has 0 atom stereocenters. The van der Waals surface area contributed by atoms with Crippen LogP contribution in [0.5, 0.6) is 0 Å². The number of fused-ring (bicyclic) bond motifs is 1. The van der Waals surface area contributed by atoms with E-state index in [1.807, 2.05) is 0 Å². The van der Waals surface area contributed by atoms with Crippen molar-refractivity contribution >= 4 is 32.6 Å². The maximum absolute atomic E-state index is 10.6. The number of primary amides is 1. The molecule has 17 heavy (non-hydrogen) atoms. The van der Waals surface area contributed by atoms with Gasteiger partial charge in [-0.05, 0) is 31.0 Å². The first-order chi connectivity index (χ1) is 8.15. The second kappa shape index (κ2) is 5.14. The van der Waals surface area contributed by atoms with E-state index in [9.17, 15) is 4.79 Å². The van der Waals surface area contributed by atoms with Crippen LogP contribution in [0.25, 0.3) is 10.2 Å². The molecular weight excluding hydrogens is 234 g/mol. The number of nitrogens with zero attached hydrogens (tertiary/aromatic N) is 1. The Morgan fingerprint density at radius 3 is 3.12 bits per heavy atom. The van der Waals surface area contributed by atoms with Crippen molar-refractivity contribution in [2.24, 2.45) is 5.73 Å². The van der Waals surface area contributed by atoms with Crippen molar-refractivity contribution in [2.75, 3.05) is 11.9 Å². The normalized spacial score (nSPS) is 10.6. The Balaban J connectivity index is 1.97. The number of nitrogens with one attached hydrogen (secondary N) is 1.